The van der Waals surface area contributed by atoms with Gasteiger partial charge in [-0.3, -0.25) is 9.69 Å². The van der Waals surface area contributed by atoms with Crippen LogP contribution in [0.1, 0.15) is 39.4 Å². The van der Waals surface area contributed by atoms with Crippen molar-refractivity contribution < 1.29 is 4.79 Å². The molecule has 0 saturated carbocycles. The number of hydrogen-bond acceptors (Lipinski definition) is 6. The van der Waals surface area contributed by atoms with Crippen LogP contribution in [-0.4, -0.2) is 69.4 Å². The van der Waals surface area contributed by atoms with Crippen molar-refractivity contribution in [3.05, 3.63) is 18.0 Å². The summed E-state index contributed by atoms with van der Waals surface area (Å²) in [6.45, 7) is 8.90. The smallest absolute Gasteiger partial charge is 0.237 e. The molecule has 2 fully saturated rings. The average Bonchev–Trinajstić information content (AvgIpc) is 2.97. The van der Waals surface area contributed by atoms with Crippen molar-refractivity contribution in [3.63, 3.8) is 0 Å². The molecule has 2 aromatic rings. The lowest BCUT2D eigenvalue weighted by Crippen LogP contribution is -2.63. The van der Waals surface area contributed by atoms with E-state index < -0.39 is 0 Å². The normalized spacial score (nSPS) is 22.0. The van der Waals surface area contributed by atoms with Gasteiger partial charge in [0.2, 0.25) is 5.91 Å². The minimum atomic E-state index is -0.114. The summed E-state index contributed by atoms with van der Waals surface area (Å²) in [5.74, 6) is 1.96. The molecule has 4 heterocycles. The minimum absolute atomic E-state index is 0.00307. The number of fused-ring (bicyclic) bond motifs is 1. The van der Waals surface area contributed by atoms with Crippen molar-refractivity contribution in [1.29, 1.82) is 0 Å². The van der Waals surface area contributed by atoms with Gasteiger partial charge in [-0.2, -0.15) is 4.52 Å². The van der Waals surface area contributed by atoms with E-state index in [1.807, 2.05) is 16.6 Å². The Kier molecular flexibility index (Phi) is 4.10. The zero-order valence-electron chi connectivity index (χ0n) is 15.9. The molecule has 0 spiro atoms. The molecule has 0 bridgehead atoms. The lowest BCUT2D eigenvalue weighted by atomic mass is 9.96. The van der Waals surface area contributed by atoms with E-state index >= 15 is 0 Å². The number of likely N-dealkylation sites (N-methyl/N-ethyl adjacent to an activating group) is 1. The summed E-state index contributed by atoms with van der Waals surface area (Å²) in [4.78, 5) is 16.6. The fourth-order valence-corrected chi connectivity index (χ4v) is 3.71. The van der Waals surface area contributed by atoms with Gasteiger partial charge >= 0.3 is 0 Å². The summed E-state index contributed by atoms with van der Waals surface area (Å²) < 4.78 is 1.85. The highest BCUT2D eigenvalue weighted by Gasteiger charge is 2.37. The Balaban J connectivity index is 1.47. The van der Waals surface area contributed by atoms with Crippen LogP contribution in [0.4, 0.5) is 5.82 Å². The first-order valence-electron chi connectivity index (χ1n) is 9.32. The van der Waals surface area contributed by atoms with Crippen molar-refractivity contribution in [3.8, 4) is 0 Å². The van der Waals surface area contributed by atoms with Crippen LogP contribution in [0.5, 0.6) is 0 Å². The maximum Gasteiger partial charge on any atom is 0.237 e. The molecule has 26 heavy (non-hydrogen) atoms. The first-order valence-corrected chi connectivity index (χ1v) is 9.32. The molecule has 0 aliphatic carbocycles. The number of rotatable bonds is 3. The van der Waals surface area contributed by atoms with Gasteiger partial charge in [-0.05, 0) is 32.0 Å². The van der Waals surface area contributed by atoms with Crippen LogP contribution in [0.15, 0.2) is 12.1 Å². The number of carbonyl (C=O) groups excluding carboxylic acids is 1. The standard InChI is InChI=1S/C18H27N7O/c1-18(2,3)17-21-20-14-7-8-15(22-25(14)17)24-10-12(11-24)23(4)13-6-5-9-19-16(13)26/h7-8,12-13H,5-6,9-11H2,1-4H3,(H,19,26). The average molecular weight is 357 g/mol. The fraction of sp³-hybridized carbons (Fsp3) is 0.667. The van der Waals surface area contributed by atoms with E-state index in [-0.39, 0.29) is 17.4 Å². The lowest BCUT2D eigenvalue weighted by molar-refractivity contribution is -0.128. The third-order valence-electron chi connectivity index (χ3n) is 5.43. The number of hydrogen-bond donors (Lipinski definition) is 1. The van der Waals surface area contributed by atoms with Crippen molar-refractivity contribution in [2.24, 2.45) is 0 Å². The summed E-state index contributed by atoms with van der Waals surface area (Å²) in [6.07, 6.45) is 2.00. The predicted molar refractivity (Wildman–Crippen MR) is 99.3 cm³/mol. The van der Waals surface area contributed by atoms with Crippen LogP contribution >= 0.6 is 0 Å². The van der Waals surface area contributed by atoms with Gasteiger partial charge < -0.3 is 10.2 Å². The highest BCUT2D eigenvalue weighted by atomic mass is 16.2. The molecule has 1 N–H and O–H groups in total. The number of nitrogens with one attached hydrogen (secondary N) is 1. The van der Waals surface area contributed by atoms with Crippen molar-refractivity contribution in [2.75, 3.05) is 31.6 Å². The van der Waals surface area contributed by atoms with Gasteiger partial charge in [0.05, 0.1) is 6.04 Å². The van der Waals surface area contributed by atoms with Crippen LogP contribution < -0.4 is 10.2 Å². The summed E-state index contributed by atoms with van der Waals surface area (Å²) in [5, 5.41) is 16.3. The molecule has 2 saturated heterocycles. The Morgan fingerprint density at radius 2 is 2.00 bits per heavy atom. The van der Waals surface area contributed by atoms with Crippen LogP contribution in [0.25, 0.3) is 5.65 Å². The summed E-state index contributed by atoms with van der Waals surface area (Å²) in [6, 6.07) is 4.34. The Bertz CT molecular complexity index is 819. The van der Waals surface area contributed by atoms with E-state index in [2.05, 4.69) is 53.1 Å². The Morgan fingerprint density at radius 1 is 1.23 bits per heavy atom. The maximum atomic E-state index is 12.1. The third kappa shape index (κ3) is 2.92. The molecule has 8 nitrogen and oxygen atoms in total. The number of aromatic nitrogens is 4. The van der Waals surface area contributed by atoms with Crippen LogP contribution in [0, 0.1) is 0 Å². The summed E-state index contributed by atoms with van der Waals surface area (Å²) in [7, 11) is 2.06. The minimum Gasteiger partial charge on any atom is -0.355 e. The summed E-state index contributed by atoms with van der Waals surface area (Å²) in [5.41, 5.74) is 0.656. The topological polar surface area (TPSA) is 78.7 Å². The van der Waals surface area contributed by atoms with E-state index in [0.29, 0.717) is 6.04 Å². The van der Waals surface area contributed by atoms with Crippen LogP contribution in [0.3, 0.4) is 0 Å². The van der Waals surface area contributed by atoms with Crippen molar-refractivity contribution in [1.82, 2.24) is 30.0 Å². The monoisotopic (exact) mass is 357 g/mol. The molecule has 140 valence electrons. The zero-order chi connectivity index (χ0) is 18.5. The zero-order valence-corrected chi connectivity index (χ0v) is 15.9. The molecular weight excluding hydrogens is 330 g/mol. The van der Waals surface area contributed by atoms with Crippen LogP contribution in [0.2, 0.25) is 0 Å². The third-order valence-corrected chi connectivity index (χ3v) is 5.43. The number of carbonyl (C=O) groups is 1. The Morgan fingerprint density at radius 3 is 2.69 bits per heavy atom. The molecule has 1 amide bonds. The van der Waals surface area contributed by atoms with Gasteiger partial charge in [0.25, 0.3) is 0 Å². The van der Waals surface area contributed by atoms with E-state index in [9.17, 15) is 4.79 Å². The molecule has 2 aliphatic heterocycles. The fourth-order valence-electron chi connectivity index (χ4n) is 3.71. The molecule has 4 rings (SSSR count). The van der Waals surface area contributed by atoms with Crippen molar-refractivity contribution in [2.45, 2.75) is 51.1 Å². The van der Waals surface area contributed by atoms with Gasteiger partial charge in [-0.25, -0.2) is 0 Å². The highest BCUT2D eigenvalue weighted by Crippen LogP contribution is 2.26. The molecule has 2 aliphatic rings. The van der Waals surface area contributed by atoms with Gasteiger partial charge in [-0.15, -0.1) is 15.3 Å². The van der Waals surface area contributed by atoms with E-state index in [1.54, 1.807) is 0 Å². The first kappa shape index (κ1) is 17.2. The van der Waals surface area contributed by atoms with E-state index in [0.717, 1.165) is 49.8 Å². The molecule has 1 atom stereocenters. The van der Waals surface area contributed by atoms with E-state index in [1.165, 1.54) is 0 Å². The van der Waals surface area contributed by atoms with Gasteiger partial charge in [0.1, 0.15) is 5.82 Å². The highest BCUT2D eigenvalue weighted by molar-refractivity contribution is 5.82. The molecular formula is C18H27N7O. The Labute approximate surface area is 153 Å². The Hall–Kier alpha value is -2.22. The maximum absolute atomic E-state index is 12.1. The number of anilines is 1. The molecule has 0 aromatic carbocycles. The van der Waals surface area contributed by atoms with Crippen LogP contribution in [-0.2, 0) is 10.2 Å². The SMILES string of the molecule is CN(C1CN(c2ccc3nnc(C(C)(C)C)n3n2)C1)C1CCCNC1=O. The predicted octanol–water partition coefficient (Wildman–Crippen LogP) is 0.821. The quantitative estimate of drug-likeness (QED) is 0.876. The second-order valence-electron chi connectivity index (χ2n) is 8.41. The molecule has 2 aromatic heterocycles. The van der Waals surface area contributed by atoms with Gasteiger partial charge in [0, 0.05) is 31.1 Å². The number of amides is 1. The van der Waals surface area contributed by atoms with Gasteiger partial charge in [-0.1, -0.05) is 20.8 Å². The largest absolute Gasteiger partial charge is 0.355 e. The number of nitrogens with zero attached hydrogens (tertiary/aromatic N) is 6. The molecule has 1 unspecified atom stereocenters. The lowest BCUT2D eigenvalue weighted by Gasteiger charge is -2.47. The number of piperidine rings is 1. The van der Waals surface area contributed by atoms with Gasteiger partial charge in [0.15, 0.2) is 11.5 Å². The molecule has 8 heteroatoms. The first-order chi connectivity index (χ1) is 12.3. The van der Waals surface area contributed by atoms with E-state index in [4.69, 9.17) is 5.10 Å². The summed E-state index contributed by atoms with van der Waals surface area (Å²) >= 11 is 0. The van der Waals surface area contributed by atoms with Crippen molar-refractivity contribution >= 4 is 17.4 Å². The second kappa shape index (κ2) is 6.19. The molecule has 0 radical (unpaired) electrons. The second-order valence-corrected chi connectivity index (χ2v) is 8.41.